The first-order valence-electron chi connectivity index (χ1n) is 8.31. The van der Waals surface area contributed by atoms with Crippen LogP contribution in [0.1, 0.15) is 6.42 Å². The number of hydrogen-bond acceptors (Lipinski definition) is 5. The molecule has 0 saturated heterocycles. The normalized spacial score (nSPS) is 15.8. The fourth-order valence-corrected chi connectivity index (χ4v) is 2.95. The summed E-state index contributed by atoms with van der Waals surface area (Å²) in [6.45, 7) is 3.43. The number of ether oxygens (including phenoxy) is 1. The third-order valence-corrected chi connectivity index (χ3v) is 4.29. The minimum absolute atomic E-state index is 0.661. The zero-order valence-electron chi connectivity index (χ0n) is 13.8. The van der Waals surface area contributed by atoms with Crippen LogP contribution in [0.4, 0.5) is 5.82 Å². The van der Waals surface area contributed by atoms with E-state index in [2.05, 4.69) is 34.5 Å². The highest BCUT2D eigenvalue weighted by atomic mass is 16.5. The first kappa shape index (κ1) is 15.0. The third kappa shape index (κ3) is 2.92. The Morgan fingerprint density at radius 2 is 2.17 bits per heavy atom. The number of nitrogens with one attached hydrogen (secondary N) is 1. The van der Waals surface area contributed by atoms with Crippen LogP contribution in [-0.2, 0) is 0 Å². The molecule has 0 amide bonds. The summed E-state index contributed by atoms with van der Waals surface area (Å²) in [6.07, 6.45) is 4.89. The third-order valence-electron chi connectivity index (χ3n) is 4.29. The first-order chi connectivity index (χ1) is 11.8. The van der Waals surface area contributed by atoms with E-state index in [1.54, 1.807) is 0 Å². The van der Waals surface area contributed by atoms with Gasteiger partial charge in [0.25, 0.3) is 0 Å². The molecule has 1 aliphatic heterocycles. The van der Waals surface area contributed by atoms with Crippen molar-refractivity contribution in [3.8, 4) is 16.9 Å². The molecule has 4 bridgehead atoms. The van der Waals surface area contributed by atoms with Gasteiger partial charge in [-0.2, -0.15) is 5.10 Å². The summed E-state index contributed by atoms with van der Waals surface area (Å²) >= 11 is 0. The van der Waals surface area contributed by atoms with Crippen molar-refractivity contribution in [2.24, 2.45) is 0 Å². The topological polar surface area (TPSA) is 54.7 Å². The van der Waals surface area contributed by atoms with Crippen molar-refractivity contribution < 1.29 is 4.74 Å². The van der Waals surface area contributed by atoms with Crippen LogP contribution in [0.5, 0.6) is 5.75 Å². The van der Waals surface area contributed by atoms with Crippen molar-refractivity contribution >= 4 is 11.5 Å². The molecule has 1 N–H and O–H groups in total. The van der Waals surface area contributed by atoms with E-state index in [4.69, 9.17) is 9.72 Å². The Bertz CT molecular complexity index is 844. The Labute approximate surface area is 141 Å². The fraction of sp³-hybridized carbons (Fsp3) is 0.333. The van der Waals surface area contributed by atoms with Crippen molar-refractivity contribution in [1.29, 1.82) is 0 Å². The maximum absolute atomic E-state index is 5.85. The molecule has 0 unspecified atom stereocenters. The molecule has 24 heavy (non-hydrogen) atoms. The van der Waals surface area contributed by atoms with Crippen molar-refractivity contribution in [2.45, 2.75) is 6.42 Å². The predicted molar refractivity (Wildman–Crippen MR) is 94.7 cm³/mol. The molecular weight excluding hydrogens is 302 g/mol. The standard InChI is InChI=1S/C18H21N5O/c1-22-9-3-7-19-8-11-24-15-5-2-4-14(12-15)16-13-20-23-10-6-17(22)21-18(16)23/h2,4-6,10,12-13,19H,3,7-9,11H2,1H3. The van der Waals surface area contributed by atoms with Crippen LogP contribution < -0.4 is 15.0 Å². The highest BCUT2D eigenvalue weighted by Crippen LogP contribution is 2.27. The molecule has 0 saturated carbocycles. The molecular formula is C18H21N5O. The molecule has 0 atom stereocenters. The Morgan fingerprint density at radius 3 is 3.12 bits per heavy atom. The van der Waals surface area contributed by atoms with Gasteiger partial charge in [-0.3, -0.25) is 0 Å². The van der Waals surface area contributed by atoms with E-state index in [0.717, 1.165) is 54.4 Å². The number of nitrogens with zero attached hydrogens (tertiary/aromatic N) is 4. The van der Waals surface area contributed by atoms with Gasteiger partial charge in [0.1, 0.15) is 18.2 Å². The molecule has 6 nitrogen and oxygen atoms in total. The van der Waals surface area contributed by atoms with Crippen molar-refractivity contribution in [2.75, 3.05) is 38.2 Å². The van der Waals surface area contributed by atoms with Gasteiger partial charge in [-0.1, -0.05) is 12.1 Å². The van der Waals surface area contributed by atoms with Gasteiger partial charge >= 0.3 is 0 Å². The number of benzene rings is 1. The number of rotatable bonds is 0. The predicted octanol–water partition coefficient (Wildman–Crippen LogP) is 2.20. The van der Waals surface area contributed by atoms with Crippen molar-refractivity contribution in [3.05, 3.63) is 42.7 Å². The first-order valence-corrected chi connectivity index (χ1v) is 8.31. The van der Waals surface area contributed by atoms with Crippen molar-refractivity contribution in [1.82, 2.24) is 19.9 Å². The highest BCUT2D eigenvalue weighted by molar-refractivity contribution is 5.78. The van der Waals surface area contributed by atoms with E-state index in [1.807, 2.05) is 35.1 Å². The second kappa shape index (κ2) is 6.49. The van der Waals surface area contributed by atoms with Crippen LogP contribution in [0.25, 0.3) is 16.8 Å². The van der Waals surface area contributed by atoms with Gasteiger partial charge in [0.05, 0.1) is 6.20 Å². The molecule has 0 fully saturated rings. The van der Waals surface area contributed by atoms with Gasteiger partial charge in [0.2, 0.25) is 0 Å². The maximum atomic E-state index is 5.85. The summed E-state index contributed by atoms with van der Waals surface area (Å²) in [5, 5.41) is 7.85. The summed E-state index contributed by atoms with van der Waals surface area (Å²) < 4.78 is 7.67. The SMILES string of the molecule is CN1CCCNCCOc2cccc(c2)-c2cnn3ccc1nc23. The van der Waals surface area contributed by atoms with Gasteiger partial charge in [-0.25, -0.2) is 9.50 Å². The average molecular weight is 323 g/mol. The second-order valence-corrected chi connectivity index (χ2v) is 6.01. The monoisotopic (exact) mass is 323 g/mol. The molecule has 6 heteroatoms. The number of anilines is 1. The zero-order valence-corrected chi connectivity index (χ0v) is 13.8. The summed E-state index contributed by atoms with van der Waals surface area (Å²) in [4.78, 5) is 7.01. The number of fused-ring (bicyclic) bond motifs is 4. The van der Waals surface area contributed by atoms with E-state index in [0.29, 0.717) is 6.61 Å². The minimum Gasteiger partial charge on any atom is -0.492 e. The van der Waals surface area contributed by atoms with Crippen molar-refractivity contribution in [3.63, 3.8) is 0 Å². The Kier molecular flexibility index (Phi) is 4.04. The maximum Gasteiger partial charge on any atom is 0.165 e. The van der Waals surface area contributed by atoms with E-state index in [1.165, 1.54) is 0 Å². The van der Waals surface area contributed by atoms with Crippen LogP contribution >= 0.6 is 0 Å². The molecule has 1 aromatic carbocycles. The van der Waals surface area contributed by atoms with Crippen LogP contribution in [0.2, 0.25) is 0 Å². The summed E-state index contributed by atoms with van der Waals surface area (Å²) in [5.41, 5.74) is 2.95. The van der Waals surface area contributed by atoms with Gasteiger partial charge in [0, 0.05) is 31.9 Å². The Balaban J connectivity index is 1.81. The van der Waals surface area contributed by atoms with Gasteiger partial charge in [-0.05, 0) is 36.7 Å². The lowest BCUT2D eigenvalue weighted by Gasteiger charge is -2.18. The molecule has 0 aliphatic carbocycles. The molecule has 3 heterocycles. The quantitative estimate of drug-likeness (QED) is 0.687. The van der Waals surface area contributed by atoms with Crippen LogP contribution in [0, 0.1) is 0 Å². The second-order valence-electron chi connectivity index (χ2n) is 6.01. The average Bonchev–Trinajstić information content (AvgIpc) is 3.03. The van der Waals surface area contributed by atoms with E-state index >= 15 is 0 Å². The molecule has 124 valence electrons. The molecule has 2 aromatic heterocycles. The lowest BCUT2D eigenvalue weighted by Crippen LogP contribution is -2.27. The van der Waals surface area contributed by atoms with Gasteiger partial charge < -0.3 is 15.0 Å². The number of aromatic nitrogens is 3. The summed E-state index contributed by atoms with van der Waals surface area (Å²) in [7, 11) is 2.08. The Hall–Kier alpha value is -2.60. The van der Waals surface area contributed by atoms with Crippen LogP contribution in [0.15, 0.2) is 42.7 Å². The van der Waals surface area contributed by atoms with E-state index in [-0.39, 0.29) is 0 Å². The summed E-state index contributed by atoms with van der Waals surface area (Å²) in [6, 6.07) is 10.1. The molecule has 4 rings (SSSR count). The number of hydrogen-bond donors (Lipinski definition) is 1. The molecule has 0 spiro atoms. The van der Waals surface area contributed by atoms with E-state index < -0.39 is 0 Å². The van der Waals surface area contributed by atoms with Crippen LogP contribution in [0.3, 0.4) is 0 Å². The Morgan fingerprint density at radius 1 is 1.21 bits per heavy atom. The smallest absolute Gasteiger partial charge is 0.165 e. The zero-order chi connectivity index (χ0) is 16.4. The van der Waals surface area contributed by atoms with E-state index in [9.17, 15) is 0 Å². The van der Waals surface area contributed by atoms with Gasteiger partial charge in [0.15, 0.2) is 5.65 Å². The van der Waals surface area contributed by atoms with Crippen LogP contribution in [-0.4, -0.2) is 47.9 Å². The highest BCUT2D eigenvalue weighted by Gasteiger charge is 2.12. The van der Waals surface area contributed by atoms with Gasteiger partial charge in [-0.15, -0.1) is 0 Å². The minimum atomic E-state index is 0.661. The lowest BCUT2D eigenvalue weighted by atomic mass is 10.1. The largest absolute Gasteiger partial charge is 0.492 e. The summed E-state index contributed by atoms with van der Waals surface area (Å²) in [5.74, 6) is 1.84. The lowest BCUT2D eigenvalue weighted by molar-refractivity contribution is 0.314. The molecule has 1 aliphatic rings. The molecule has 3 aromatic rings. The molecule has 0 radical (unpaired) electrons. The fourth-order valence-electron chi connectivity index (χ4n) is 2.95.